The van der Waals surface area contributed by atoms with Crippen LogP contribution < -0.4 is 5.73 Å². The minimum atomic E-state index is 0.250. The van der Waals surface area contributed by atoms with Gasteiger partial charge in [0.2, 0.25) is 0 Å². The Morgan fingerprint density at radius 3 is 2.08 bits per heavy atom. The monoisotopic (exact) mass is 189 g/mol. The Labute approximate surface area is 81.3 Å². The molecular weight excluding hydrogens is 166 g/mol. The van der Waals surface area contributed by atoms with Crippen LogP contribution in [0.2, 0.25) is 0 Å². The van der Waals surface area contributed by atoms with Gasteiger partial charge in [-0.1, -0.05) is 0 Å². The lowest BCUT2D eigenvalue weighted by Gasteiger charge is -2.26. The van der Waals surface area contributed by atoms with E-state index in [2.05, 4.69) is 0 Å². The maximum Gasteiger partial charge on any atom is 0.0571 e. The lowest BCUT2D eigenvalue weighted by molar-refractivity contribution is 0.0580. The number of aliphatic hydroxyl groups excluding tert-OH is 1. The fourth-order valence-electron chi connectivity index (χ4n) is 1.60. The van der Waals surface area contributed by atoms with Crippen molar-refractivity contribution in [1.29, 1.82) is 0 Å². The normalized spacial score (nSPS) is 27.7. The molecule has 3 nitrogen and oxygen atoms in total. The quantitative estimate of drug-likeness (QED) is 0.685. The average Bonchev–Trinajstić information content (AvgIpc) is 2.19. The predicted octanol–water partition coefficient (Wildman–Crippen LogP) is 1.15. The summed E-state index contributed by atoms with van der Waals surface area (Å²) >= 11 is 0. The Morgan fingerprint density at radius 2 is 1.77 bits per heavy atom. The van der Waals surface area contributed by atoms with Crippen LogP contribution in [-0.2, 0) is 4.74 Å². The third-order valence-corrected chi connectivity index (χ3v) is 2.46. The van der Waals surface area contributed by atoms with Crippen molar-refractivity contribution >= 4 is 0 Å². The van der Waals surface area contributed by atoms with Gasteiger partial charge in [-0.25, -0.2) is 0 Å². The third kappa shape index (κ3) is 6.02. The highest BCUT2D eigenvalue weighted by Gasteiger charge is 2.18. The molecule has 3 heteroatoms. The highest BCUT2D eigenvalue weighted by atomic mass is 16.5. The molecule has 0 amide bonds. The summed E-state index contributed by atoms with van der Waals surface area (Å²) in [6.07, 6.45) is 5.45. The maximum atomic E-state index is 7.57. The molecule has 1 rings (SSSR count). The Bertz CT molecular complexity index is 89.1. The van der Waals surface area contributed by atoms with Gasteiger partial charge in [-0.05, 0) is 45.1 Å². The van der Waals surface area contributed by atoms with Crippen LogP contribution in [-0.4, -0.2) is 31.5 Å². The number of methoxy groups -OCH3 is 1. The average molecular weight is 189 g/mol. The molecule has 13 heavy (non-hydrogen) atoms. The van der Waals surface area contributed by atoms with Gasteiger partial charge in [0, 0.05) is 13.7 Å². The highest BCUT2D eigenvalue weighted by Crippen LogP contribution is 2.24. The Hall–Kier alpha value is -0.120. The van der Waals surface area contributed by atoms with E-state index in [1.807, 2.05) is 0 Å². The first kappa shape index (κ1) is 12.9. The molecule has 0 aliphatic heterocycles. The standard InChI is InChI=1S/C8H17NO.C2H6O/c1-10-8-4-2-7(6-9)3-5-8;1-2-3/h7-8H,2-6,9H2,1H3;3H,2H2,1H3. The van der Waals surface area contributed by atoms with Crippen molar-refractivity contribution in [3.8, 4) is 0 Å². The summed E-state index contributed by atoms with van der Waals surface area (Å²) < 4.78 is 5.24. The van der Waals surface area contributed by atoms with Crippen molar-refractivity contribution in [3.05, 3.63) is 0 Å². The molecule has 0 spiro atoms. The van der Waals surface area contributed by atoms with E-state index in [0.29, 0.717) is 6.10 Å². The van der Waals surface area contributed by atoms with E-state index in [4.69, 9.17) is 15.6 Å². The highest BCUT2D eigenvalue weighted by molar-refractivity contribution is 4.72. The molecule has 1 fully saturated rings. The number of hydrogen-bond donors (Lipinski definition) is 2. The van der Waals surface area contributed by atoms with Crippen LogP contribution in [0.4, 0.5) is 0 Å². The topological polar surface area (TPSA) is 55.5 Å². The van der Waals surface area contributed by atoms with Gasteiger partial charge in [0.25, 0.3) is 0 Å². The molecule has 0 bridgehead atoms. The van der Waals surface area contributed by atoms with E-state index in [-0.39, 0.29) is 6.61 Å². The third-order valence-electron chi connectivity index (χ3n) is 2.46. The number of ether oxygens (including phenoxy) is 1. The van der Waals surface area contributed by atoms with Crippen LogP contribution in [0.1, 0.15) is 32.6 Å². The van der Waals surface area contributed by atoms with Gasteiger partial charge in [-0.2, -0.15) is 0 Å². The number of nitrogens with two attached hydrogens (primary N) is 1. The predicted molar refractivity (Wildman–Crippen MR) is 54.6 cm³/mol. The van der Waals surface area contributed by atoms with Gasteiger partial charge < -0.3 is 15.6 Å². The second-order valence-corrected chi connectivity index (χ2v) is 3.43. The summed E-state index contributed by atoms with van der Waals surface area (Å²) in [5, 5.41) is 7.57. The van der Waals surface area contributed by atoms with Crippen molar-refractivity contribution in [2.75, 3.05) is 20.3 Å². The second kappa shape index (κ2) is 8.48. The number of rotatable bonds is 2. The van der Waals surface area contributed by atoms with Crippen LogP contribution in [0.15, 0.2) is 0 Å². The molecule has 0 aromatic carbocycles. The molecule has 0 radical (unpaired) electrons. The van der Waals surface area contributed by atoms with Crippen LogP contribution in [0.25, 0.3) is 0 Å². The fraction of sp³-hybridized carbons (Fsp3) is 1.00. The Balaban J connectivity index is 0.000000424. The maximum absolute atomic E-state index is 7.57. The molecule has 0 unspecified atom stereocenters. The van der Waals surface area contributed by atoms with E-state index >= 15 is 0 Å². The zero-order chi connectivity index (χ0) is 10.1. The SMILES string of the molecule is CCO.COC1CCC(CN)CC1. The first-order valence-electron chi connectivity index (χ1n) is 5.12. The molecule has 0 aromatic rings. The second-order valence-electron chi connectivity index (χ2n) is 3.43. The molecular formula is C10H23NO2. The van der Waals surface area contributed by atoms with E-state index in [1.165, 1.54) is 25.7 Å². The fourth-order valence-corrected chi connectivity index (χ4v) is 1.60. The largest absolute Gasteiger partial charge is 0.397 e. The zero-order valence-corrected chi connectivity index (χ0v) is 8.83. The minimum Gasteiger partial charge on any atom is -0.397 e. The van der Waals surface area contributed by atoms with Crippen molar-refractivity contribution < 1.29 is 9.84 Å². The van der Waals surface area contributed by atoms with Crippen molar-refractivity contribution in [2.45, 2.75) is 38.7 Å². The minimum absolute atomic E-state index is 0.250. The molecule has 1 aliphatic rings. The Morgan fingerprint density at radius 1 is 1.31 bits per heavy atom. The zero-order valence-electron chi connectivity index (χ0n) is 8.83. The van der Waals surface area contributed by atoms with E-state index in [0.717, 1.165) is 12.5 Å². The van der Waals surface area contributed by atoms with Crippen LogP contribution >= 0.6 is 0 Å². The smallest absolute Gasteiger partial charge is 0.0571 e. The summed E-state index contributed by atoms with van der Waals surface area (Å²) in [4.78, 5) is 0. The summed E-state index contributed by atoms with van der Waals surface area (Å²) in [7, 11) is 1.80. The van der Waals surface area contributed by atoms with E-state index in [9.17, 15) is 0 Å². The van der Waals surface area contributed by atoms with Crippen LogP contribution in [0.3, 0.4) is 0 Å². The van der Waals surface area contributed by atoms with E-state index in [1.54, 1.807) is 14.0 Å². The molecule has 0 aromatic heterocycles. The molecule has 3 N–H and O–H groups in total. The van der Waals surface area contributed by atoms with Gasteiger partial charge in [0.15, 0.2) is 0 Å². The van der Waals surface area contributed by atoms with Gasteiger partial charge in [-0.3, -0.25) is 0 Å². The van der Waals surface area contributed by atoms with Gasteiger partial charge in [0.05, 0.1) is 6.10 Å². The molecule has 0 heterocycles. The van der Waals surface area contributed by atoms with E-state index < -0.39 is 0 Å². The lowest BCUT2D eigenvalue weighted by Crippen LogP contribution is -2.24. The number of aliphatic hydroxyl groups is 1. The van der Waals surface area contributed by atoms with Gasteiger partial charge in [0.1, 0.15) is 0 Å². The van der Waals surface area contributed by atoms with Crippen molar-refractivity contribution in [2.24, 2.45) is 11.7 Å². The summed E-state index contributed by atoms with van der Waals surface area (Å²) in [5.74, 6) is 0.770. The first-order chi connectivity index (χ1) is 6.28. The molecule has 80 valence electrons. The first-order valence-corrected chi connectivity index (χ1v) is 5.12. The molecule has 0 saturated heterocycles. The van der Waals surface area contributed by atoms with Crippen molar-refractivity contribution in [1.82, 2.24) is 0 Å². The lowest BCUT2D eigenvalue weighted by atomic mass is 9.87. The van der Waals surface area contributed by atoms with Gasteiger partial charge in [-0.15, -0.1) is 0 Å². The molecule has 1 aliphatic carbocycles. The van der Waals surface area contributed by atoms with Gasteiger partial charge >= 0.3 is 0 Å². The van der Waals surface area contributed by atoms with Crippen LogP contribution in [0, 0.1) is 5.92 Å². The Kier molecular flexibility index (Phi) is 8.40. The number of hydrogen-bond acceptors (Lipinski definition) is 3. The van der Waals surface area contributed by atoms with Crippen LogP contribution in [0.5, 0.6) is 0 Å². The summed E-state index contributed by atoms with van der Waals surface area (Å²) in [6.45, 7) is 2.79. The molecule has 0 atom stereocenters. The summed E-state index contributed by atoms with van der Waals surface area (Å²) in [6, 6.07) is 0. The summed E-state index contributed by atoms with van der Waals surface area (Å²) in [5.41, 5.74) is 5.55. The molecule has 1 saturated carbocycles. The van der Waals surface area contributed by atoms with Crippen molar-refractivity contribution in [3.63, 3.8) is 0 Å².